The van der Waals surface area contributed by atoms with Gasteiger partial charge in [-0.25, -0.2) is 9.18 Å². The first-order valence-corrected chi connectivity index (χ1v) is 10.4. The van der Waals surface area contributed by atoms with Crippen molar-refractivity contribution in [3.63, 3.8) is 0 Å². The molecule has 1 aromatic carbocycles. The summed E-state index contributed by atoms with van der Waals surface area (Å²) in [6.07, 6.45) is 1.88. The van der Waals surface area contributed by atoms with Crippen LogP contribution in [-0.4, -0.2) is 64.8 Å². The summed E-state index contributed by atoms with van der Waals surface area (Å²) in [5.41, 5.74) is 0.561. The number of nitrogens with zero attached hydrogens (tertiary/aromatic N) is 4. The summed E-state index contributed by atoms with van der Waals surface area (Å²) in [7, 11) is 0. The number of ether oxygens (including phenoxy) is 1. The number of hydrogen-bond acceptors (Lipinski definition) is 7. The van der Waals surface area contributed by atoms with E-state index in [0.29, 0.717) is 43.1 Å². The van der Waals surface area contributed by atoms with Gasteiger partial charge < -0.3 is 15.0 Å². The molecule has 1 aliphatic heterocycles. The zero-order valence-electron chi connectivity index (χ0n) is 15.6. The number of aromatic nitrogens is 3. The van der Waals surface area contributed by atoms with Gasteiger partial charge >= 0.3 is 6.03 Å². The van der Waals surface area contributed by atoms with E-state index in [0.717, 1.165) is 24.6 Å². The molecule has 2 heterocycles. The van der Waals surface area contributed by atoms with Crippen molar-refractivity contribution in [2.75, 3.05) is 37.0 Å². The van der Waals surface area contributed by atoms with Gasteiger partial charge in [-0.15, -0.1) is 10.2 Å². The Morgan fingerprint density at radius 1 is 1.24 bits per heavy atom. The third-order valence-corrected chi connectivity index (χ3v) is 5.40. The van der Waals surface area contributed by atoms with Crippen molar-refractivity contribution in [2.24, 2.45) is 0 Å². The van der Waals surface area contributed by atoms with Crippen LogP contribution in [0.25, 0.3) is 5.69 Å². The van der Waals surface area contributed by atoms with Gasteiger partial charge in [-0.2, -0.15) is 0 Å². The normalized spacial score (nSPS) is 16.5. The van der Waals surface area contributed by atoms with Gasteiger partial charge in [0.05, 0.1) is 24.7 Å². The molecule has 11 heteroatoms. The summed E-state index contributed by atoms with van der Waals surface area (Å²) >= 11 is 1.13. The van der Waals surface area contributed by atoms with Crippen LogP contribution in [0.5, 0.6) is 0 Å². The second-order valence-electron chi connectivity index (χ2n) is 6.78. The van der Waals surface area contributed by atoms with Crippen molar-refractivity contribution in [1.29, 1.82) is 0 Å². The van der Waals surface area contributed by atoms with Crippen molar-refractivity contribution >= 4 is 29.6 Å². The fourth-order valence-corrected chi connectivity index (χ4v) is 3.65. The molecule has 1 aromatic heterocycles. The predicted molar refractivity (Wildman–Crippen MR) is 105 cm³/mol. The van der Waals surface area contributed by atoms with Crippen LogP contribution < -0.4 is 15.5 Å². The van der Waals surface area contributed by atoms with Crippen LogP contribution in [0.4, 0.5) is 15.1 Å². The molecule has 29 heavy (non-hydrogen) atoms. The molecule has 3 amide bonds. The Labute approximate surface area is 171 Å². The summed E-state index contributed by atoms with van der Waals surface area (Å²) in [4.78, 5) is 25.8. The zero-order valence-corrected chi connectivity index (χ0v) is 16.5. The summed E-state index contributed by atoms with van der Waals surface area (Å²) in [5, 5.41) is 13.9. The molecule has 4 rings (SSSR count). The monoisotopic (exact) mass is 420 g/mol. The van der Waals surface area contributed by atoms with Crippen molar-refractivity contribution in [2.45, 2.75) is 24.0 Å². The highest BCUT2D eigenvalue weighted by Crippen LogP contribution is 2.27. The average molecular weight is 420 g/mol. The van der Waals surface area contributed by atoms with E-state index in [2.05, 4.69) is 20.8 Å². The number of carbonyl (C=O) groups excluding carboxylic acids is 2. The molecule has 2 aromatic rings. The van der Waals surface area contributed by atoms with E-state index in [1.54, 1.807) is 16.7 Å². The molecular weight excluding hydrogens is 399 g/mol. The minimum absolute atomic E-state index is 0.0192. The van der Waals surface area contributed by atoms with Crippen molar-refractivity contribution < 1.29 is 18.7 Å². The summed E-state index contributed by atoms with van der Waals surface area (Å²) in [6.45, 7) is 2.41. The zero-order chi connectivity index (χ0) is 20.2. The topological polar surface area (TPSA) is 101 Å². The number of rotatable bonds is 6. The molecule has 0 spiro atoms. The Bertz CT molecular complexity index is 897. The van der Waals surface area contributed by atoms with E-state index in [-0.39, 0.29) is 17.6 Å². The standard InChI is InChI=1S/C18H21FN6O3S/c19-12-2-1-3-14(10-12)25-17(24-6-8-28-9-7-24)22-23-18(25)29-11-15(26)21-16(27)20-13-4-5-13/h1-3,10,13H,4-9,11H2,(H2,20,21,26,27). The first-order valence-electron chi connectivity index (χ1n) is 9.37. The fourth-order valence-electron chi connectivity index (χ4n) is 2.91. The molecule has 0 atom stereocenters. The molecule has 0 unspecified atom stereocenters. The Morgan fingerprint density at radius 2 is 2.03 bits per heavy atom. The number of morpholine rings is 1. The Hall–Kier alpha value is -2.66. The number of imide groups is 1. The number of hydrogen-bond donors (Lipinski definition) is 2. The minimum atomic E-state index is -0.487. The Kier molecular flexibility index (Phi) is 5.95. The molecule has 2 aliphatic rings. The van der Waals surface area contributed by atoms with Gasteiger partial charge in [0.2, 0.25) is 11.9 Å². The van der Waals surface area contributed by atoms with Crippen LogP contribution in [-0.2, 0) is 9.53 Å². The van der Waals surface area contributed by atoms with Gasteiger partial charge in [-0.3, -0.25) is 14.7 Å². The third-order valence-electron chi connectivity index (χ3n) is 4.47. The van der Waals surface area contributed by atoms with E-state index in [4.69, 9.17) is 4.74 Å². The molecule has 1 saturated heterocycles. The number of carbonyl (C=O) groups is 2. The van der Waals surface area contributed by atoms with Gasteiger partial charge in [-0.05, 0) is 31.0 Å². The number of urea groups is 1. The smallest absolute Gasteiger partial charge is 0.321 e. The number of benzene rings is 1. The second kappa shape index (κ2) is 8.78. The lowest BCUT2D eigenvalue weighted by atomic mass is 10.3. The maximum absolute atomic E-state index is 13.8. The highest BCUT2D eigenvalue weighted by Gasteiger charge is 2.25. The molecule has 1 aliphatic carbocycles. The Morgan fingerprint density at radius 3 is 2.76 bits per heavy atom. The lowest BCUT2D eigenvalue weighted by molar-refractivity contribution is -0.117. The number of anilines is 1. The van der Waals surface area contributed by atoms with Gasteiger partial charge in [-0.1, -0.05) is 17.8 Å². The van der Waals surface area contributed by atoms with Crippen LogP contribution in [0.15, 0.2) is 29.4 Å². The number of thioether (sulfide) groups is 1. The van der Waals surface area contributed by atoms with Gasteiger partial charge in [0.25, 0.3) is 0 Å². The van der Waals surface area contributed by atoms with Crippen LogP contribution in [0, 0.1) is 5.82 Å². The summed E-state index contributed by atoms with van der Waals surface area (Å²) in [6, 6.07) is 5.80. The highest BCUT2D eigenvalue weighted by atomic mass is 32.2. The molecule has 0 bridgehead atoms. The quantitative estimate of drug-likeness (QED) is 0.680. The maximum Gasteiger partial charge on any atom is 0.321 e. The average Bonchev–Trinajstić information content (AvgIpc) is 3.42. The van der Waals surface area contributed by atoms with E-state index in [9.17, 15) is 14.0 Å². The number of amides is 3. The first-order chi connectivity index (χ1) is 14.1. The molecule has 154 valence electrons. The van der Waals surface area contributed by atoms with Crippen LogP contribution in [0.3, 0.4) is 0 Å². The van der Waals surface area contributed by atoms with E-state index < -0.39 is 11.9 Å². The van der Waals surface area contributed by atoms with Gasteiger partial charge in [0.15, 0.2) is 5.16 Å². The van der Waals surface area contributed by atoms with Crippen molar-refractivity contribution in [3.8, 4) is 5.69 Å². The van der Waals surface area contributed by atoms with Crippen molar-refractivity contribution in [1.82, 2.24) is 25.4 Å². The van der Waals surface area contributed by atoms with Gasteiger partial charge in [0, 0.05) is 19.1 Å². The summed E-state index contributed by atoms with van der Waals surface area (Å²) in [5.74, 6) is -0.271. The number of halogens is 1. The maximum atomic E-state index is 13.8. The van der Waals surface area contributed by atoms with Crippen LogP contribution in [0.2, 0.25) is 0 Å². The molecule has 2 fully saturated rings. The molecule has 9 nitrogen and oxygen atoms in total. The minimum Gasteiger partial charge on any atom is -0.378 e. The fraction of sp³-hybridized carbons (Fsp3) is 0.444. The Balaban J connectivity index is 1.50. The molecular formula is C18H21FN6O3S. The van der Waals surface area contributed by atoms with Crippen LogP contribution >= 0.6 is 11.8 Å². The highest BCUT2D eigenvalue weighted by molar-refractivity contribution is 7.99. The van der Waals surface area contributed by atoms with E-state index in [1.807, 2.05) is 4.90 Å². The van der Waals surface area contributed by atoms with E-state index >= 15 is 0 Å². The lowest BCUT2D eigenvalue weighted by Crippen LogP contribution is -2.41. The lowest BCUT2D eigenvalue weighted by Gasteiger charge is -2.27. The SMILES string of the molecule is O=C(CSc1nnc(N2CCOCC2)n1-c1cccc(F)c1)NC(=O)NC1CC1. The largest absolute Gasteiger partial charge is 0.378 e. The predicted octanol–water partition coefficient (Wildman–Crippen LogP) is 1.32. The van der Waals surface area contributed by atoms with Crippen molar-refractivity contribution in [3.05, 3.63) is 30.1 Å². The van der Waals surface area contributed by atoms with Crippen LogP contribution in [0.1, 0.15) is 12.8 Å². The van der Waals surface area contributed by atoms with Gasteiger partial charge in [0.1, 0.15) is 5.82 Å². The molecule has 2 N–H and O–H groups in total. The second-order valence-corrected chi connectivity index (χ2v) is 7.72. The number of nitrogens with one attached hydrogen (secondary N) is 2. The molecule has 1 saturated carbocycles. The first kappa shape index (κ1) is 19.6. The molecule has 0 radical (unpaired) electrons. The summed E-state index contributed by atoms with van der Waals surface area (Å²) < 4.78 is 20.9. The third kappa shape index (κ3) is 5.04. The van der Waals surface area contributed by atoms with E-state index in [1.165, 1.54) is 12.1 Å².